The van der Waals surface area contributed by atoms with Crippen molar-refractivity contribution in [3.63, 3.8) is 0 Å². The number of methoxy groups -OCH3 is 3. The minimum absolute atomic E-state index is 0.183. The monoisotopic (exact) mass is 479 g/mol. The Morgan fingerprint density at radius 1 is 0.971 bits per heavy atom. The zero-order valence-corrected chi connectivity index (χ0v) is 20.5. The largest absolute Gasteiger partial charge is 0.496 e. The molecule has 0 amide bonds. The lowest BCUT2D eigenvalue weighted by Gasteiger charge is -2.22. The van der Waals surface area contributed by atoms with E-state index in [1.807, 2.05) is 37.3 Å². The fraction of sp³-hybridized carbons (Fsp3) is 0.333. The lowest BCUT2D eigenvalue weighted by atomic mass is 9.87. The molecule has 0 saturated heterocycles. The molecule has 2 atom stereocenters. The number of hydrogen-bond acceptors (Lipinski definition) is 7. The van der Waals surface area contributed by atoms with Crippen LogP contribution in [-0.4, -0.2) is 44.6 Å². The second kappa shape index (κ2) is 10.1. The Balaban J connectivity index is 1.93. The number of esters is 1. The van der Waals surface area contributed by atoms with Gasteiger partial charge in [-0.2, -0.15) is 0 Å². The average Bonchev–Trinajstić information content (AvgIpc) is 3.25. The number of aromatic nitrogens is 1. The number of aryl methyl sites for hydroxylation is 1. The summed E-state index contributed by atoms with van der Waals surface area (Å²) in [6.07, 6.45) is -1.06. The molecule has 0 aliphatic carbocycles. The van der Waals surface area contributed by atoms with Gasteiger partial charge in [-0.15, -0.1) is 0 Å². The number of nitrogens with zero attached hydrogens (tertiary/aromatic N) is 1. The van der Waals surface area contributed by atoms with Crippen LogP contribution in [0.4, 0.5) is 0 Å². The predicted molar refractivity (Wildman–Crippen MR) is 130 cm³/mol. The first-order valence-corrected chi connectivity index (χ1v) is 11.3. The van der Waals surface area contributed by atoms with E-state index in [0.717, 1.165) is 11.3 Å². The fourth-order valence-electron chi connectivity index (χ4n) is 4.48. The lowest BCUT2D eigenvalue weighted by Crippen LogP contribution is -2.34. The quantitative estimate of drug-likeness (QED) is 0.456. The van der Waals surface area contributed by atoms with Gasteiger partial charge in [0.25, 0.3) is 5.56 Å². The third-order valence-corrected chi connectivity index (χ3v) is 6.15. The average molecular weight is 480 g/mol. The Morgan fingerprint density at radius 3 is 2.26 bits per heavy atom. The highest BCUT2D eigenvalue weighted by Crippen LogP contribution is 2.47. The van der Waals surface area contributed by atoms with E-state index in [9.17, 15) is 9.59 Å². The van der Waals surface area contributed by atoms with Crippen molar-refractivity contribution < 1.29 is 28.5 Å². The molecule has 184 valence electrons. The molecule has 0 saturated carbocycles. The maximum absolute atomic E-state index is 13.9. The number of ether oxygens (including phenoxy) is 5. The molecule has 0 spiro atoms. The molecule has 3 aromatic rings. The number of rotatable bonds is 8. The van der Waals surface area contributed by atoms with Gasteiger partial charge >= 0.3 is 5.97 Å². The summed E-state index contributed by atoms with van der Waals surface area (Å²) in [6.45, 7) is 4.14. The zero-order chi connectivity index (χ0) is 25.1. The number of hydrogen-bond donors (Lipinski definition) is 0. The number of fused-ring (bicyclic) bond motifs is 1. The van der Waals surface area contributed by atoms with Crippen molar-refractivity contribution >= 4 is 5.97 Å². The number of carbonyl (C=O) groups excluding carboxylic acids is 1. The summed E-state index contributed by atoms with van der Waals surface area (Å²) in [5.41, 5.74) is 2.40. The normalized spacial score (nSPS) is 16.3. The van der Waals surface area contributed by atoms with E-state index >= 15 is 0 Å². The Kier molecular flexibility index (Phi) is 7.00. The third kappa shape index (κ3) is 4.43. The highest BCUT2D eigenvalue weighted by atomic mass is 16.6. The van der Waals surface area contributed by atoms with Crippen molar-refractivity contribution in [3.8, 4) is 23.0 Å². The number of pyridine rings is 1. The predicted octanol–water partition coefficient (Wildman–Crippen LogP) is 3.69. The fourth-order valence-corrected chi connectivity index (χ4v) is 4.48. The van der Waals surface area contributed by atoms with E-state index in [0.29, 0.717) is 40.7 Å². The first kappa shape index (κ1) is 24.2. The van der Waals surface area contributed by atoms with Gasteiger partial charge in [-0.05, 0) is 25.5 Å². The summed E-state index contributed by atoms with van der Waals surface area (Å²) in [4.78, 5) is 26.9. The van der Waals surface area contributed by atoms with Gasteiger partial charge in [0.1, 0.15) is 11.5 Å². The third-order valence-electron chi connectivity index (χ3n) is 6.15. The molecule has 0 fully saturated rings. The molecule has 8 nitrogen and oxygen atoms in total. The lowest BCUT2D eigenvalue weighted by molar-refractivity contribution is -0.151. The molecule has 0 radical (unpaired) electrons. The van der Waals surface area contributed by atoms with Crippen LogP contribution in [0.5, 0.6) is 23.0 Å². The standard InChI is InChI=1S/C27H29NO7/c1-6-34-27(30)25-23(18-13-20(32-4)21(33-5)14-19(18)31-3)24-22(35-25)12-16(2)28(26(24)29)15-17-10-8-7-9-11-17/h7-14,23,25H,6,15H2,1-5H3/t23-,25-/m1/s1. The van der Waals surface area contributed by atoms with Gasteiger partial charge in [-0.3, -0.25) is 4.79 Å². The summed E-state index contributed by atoms with van der Waals surface area (Å²) in [5, 5.41) is 0. The van der Waals surface area contributed by atoms with E-state index in [4.69, 9.17) is 23.7 Å². The second-order valence-electron chi connectivity index (χ2n) is 8.16. The Bertz CT molecular complexity index is 1280. The van der Waals surface area contributed by atoms with E-state index < -0.39 is 18.0 Å². The van der Waals surface area contributed by atoms with Crippen molar-refractivity contribution in [1.29, 1.82) is 0 Å². The second-order valence-corrected chi connectivity index (χ2v) is 8.16. The molecular weight excluding hydrogens is 450 g/mol. The molecule has 35 heavy (non-hydrogen) atoms. The first-order chi connectivity index (χ1) is 16.9. The maximum atomic E-state index is 13.9. The zero-order valence-electron chi connectivity index (χ0n) is 20.5. The summed E-state index contributed by atoms with van der Waals surface area (Å²) in [7, 11) is 4.56. The molecule has 2 aromatic carbocycles. The van der Waals surface area contributed by atoms with Crippen molar-refractivity contribution in [2.75, 3.05) is 27.9 Å². The molecule has 0 unspecified atom stereocenters. The summed E-state index contributed by atoms with van der Waals surface area (Å²) >= 11 is 0. The Hall–Kier alpha value is -3.94. The van der Waals surface area contributed by atoms with Crippen LogP contribution in [0, 0.1) is 6.92 Å². The van der Waals surface area contributed by atoms with Crippen molar-refractivity contribution in [2.45, 2.75) is 32.4 Å². The topological polar surface area (TPSA) is 85.2 Å². The van der Waals surface area contributed by atoms with Gasteiger partial charge in [0.15, 0.2) is 11.5 Å². The van der Waals surface area contributed by atoms with Crippen molar-refractivity contribution in [3.05, 3.63) is 81.3 Å². The van der Waals surface area contributed by atoms with Gasteiger partial charge in [0, 0.05) is 23.4 Å². The maximum Gasteiger partial charge on any atom is 0.348 e. The van der Waals surface area contributed by atoms with Gasteiger partial charge in [0.2, 0.25) is 6.10 Å². The van der Waals surface area contributed by atoms with E-state index in [2.05, 4.69) is 0 Å². The van der Waals surface area contributed by atoms with Crippen LogP contribution in [0.2, 0.25) is 0 Å². The summed E-state index contributed by atoms with van der Waals surface area (Å²) in [6, 6.07) is 14.9. The molecule has 2 heterocycles. The van der Waals surface area contributed by atoms with Gasteiger partial charge in [0.05, 0.1) is 46.0 Å². The Morgan fingerprint density at radius 2 is 1.63 bits per heavy atom. The summed E-state index contributed by atoms with van der Waals surface area (Å²) in [5.74, 6) is 0.372. The highest BCUT2D eigenvalue weighted by Gasteiger charge is 2.45. The highest BCUT2D eigenvalue weighted by molar-refractivity contribution is 5.80. The molecule has 1 aliphatic rings. The minimum atomic E-state index is -1.06. The van der Waals surface area contributed by atoms with Crippen LogP contribution in [0.1, 0.15) is 35.2 Å². The van der Waals surface area contributed by atoms with Crippen LogP contribution in [-0.2, 0) is 16.1 Å². The molecule has 4 rings (SSSR count). The number of benzene rings is 2. The molecule has 1 aliphatic heterocycles. The smallest absolute Gasteiger partial charge is 0.348 e. The summed E-state index contributed by atoms with van der Waals surface area (Å²) < 4.78 is 29.6. The van der Waals surface area contributed by atoms with Gasteiger partial charge in [-0.25, -0.2) is 4.79 Å². The molecule has 1 aromatic heterocycles. The first-order valence-electron chi connectivity index (χ1n) is 11.3. The van der Waals surface area contributed by atoms with Crippen LogP contribution >= 0.6 is 0 Å². The molecular formula is C27H29NO7. The van der Waals surface area contributed by atoms with Crippen LogP contribution in [0.15, 0.2) is 53.3 Å². The van der Waals surface area contributed by atoms with Gasteiger partial charge in [-0.1, -0.05) is 30.3 Å². The molecule has 0 bridgehead atoms. The van der Waals surface area contributed by atoms with E-state index in [1.54, 1.807) is 29.7 Å². The van der Waals surface area contributed by atoms with Crippen LogP contribution in [0.25, 0.3) is 0 Å². The van der Waals surface area contributed by atoms with Crippen molar-refractivity contribution in [2.24, 2.45) is 0 Å². The SMILES string of the molecule is CCOC(=O)[C@@H]1Oc2cc(C)n(Cc3ccccc3)c(=O)c2[C@H]1c1cc(OC)c(OC)cc1OC. The van der Waals surface area contributed by atoms with Crippen LogP contribution in [0.3, 0.4) is 0 Å². The van der Waals surface area contributed by atoms with Crippen LogP contribution < -0.4 is 24.5 Å². The van der Waals surface area contributed by atoms with E-state index in [-0.39, 0.29) is 12.2 Å². The molecule has 0 N–H and O–H groups in total. The molecule has 8 heteroatoms. The van der Waals surface area contributed by atoms with Crippen molar-refractivity contribution in [1.82, 2.24) is 4.57 Å². The Labute approximate surface area is 204 Å². The van der Waals surface area contributed by atoms with Gasteiger partial charge < -0.3 is 28.3 Å². The number of carbonyl (C=O) groups is 1. The van der Waals surface area contributed by atoms with E-state index in [1.165, 1.54) is 21.3 Å². The minimum Gasteiger partial charge on any atom is -0.496 e.